The Morgan fingerprint density at radius 1 is 1.00 bits per heavy atom. The van der Waals surface area contributed by atoms with E-state index in [-0.39, 0.29) is 18.5 Å². The van der Waals surface area contributed by atoms with Gasteiger partial charge in [-0.2, -0.15) is 0 Å². The number of rotatable bonds is 2. The van der Waals surface area contributed by atoms with Crippen LogP contribution in [-0.4, -0.2) is 4.98 Å². The molecule has 5 rings (SSSR count). The highest BCUT2D eigenvalue weighted by atomic mass is 16.3. The summed E-state index contributed by atoms with van der Waals surface area (Å²) in [5.74, 6) is -2.12. The molecule has 3 heterocycles. The van der Waals surface area contributed by atoms with Crippen LogP contribution in [-0.2, 0) is 7.05 Å². The smallest absolute Gasteiger partial charge is 0.227 e. The highest BCUT2D eigenvalue weighted by molar-refractivity contribution is 6.08. The lowest BCUT2D eigenvalue weighted by atomic mass is 9.86. The molecule has 0 radical (unpaired) electrons. The van der Waals surface area contributed by atoms with Crippen LogP contribution in [0.5, 0.6) is 0 Å². The molecule has 0 amide bonds. The van der Waals surface area contributed by atoms with E-state index in [0.717, 1.165) is 27.6 Å². The Kier molecular flexibility index (Phi) is 3.26. The number of nitrogens with zero attached hydrogens (tertiary/aromatic N) is 2. The average Bonchev–Trinajstić information content (AvgIpc) is 3.12. The molecule has 0 N–H and O–H groups in total. The molecular weight excluding hydrogens is 356 g/mol. The molecule has 3 nitrogen and oxygen atoms in total. The molecule has 29 heavy (non-hydrogen) atoms. The molecule has 0 spiro atoms. The second-order valence-corrected chi connectivity index (χ2v) is 8.00. The van der Waals surface area contributed by atoms with Gasteiger partial charge in [-0.15, -0.1) is 0 Å². The minimum absolute atomic E-state index is 0.0729. The molecule has 0 aliphatic heterocycles. The van der Waals surface area contributed by atoms with E-state index in [1.54, 1.807) is 12.1 Å². The summed E-state index contributed by atoms with van der Waals surface area (Å²) in [5.41, 5.74) is 6.48. The van der Waals surface area contributed by atoms with Crippen LogP contribution in [0.15, 0.2) is 40.9 Å². The van der Waals surface area contributed by atoms with Crippen LogP contribution >= 0.6 is 0 Å². The van der Waals surface area contributed by atoms with Gasteiger partial charge in [-0.1, -0.05) is 31.4 Å². The van der Waals surface area contributed by atoms with Crippen molar-refractivity contribution in [1.82, 2.24) is 4.98 Å². The molecular formula is C26H29N2O+. The van der Waals surface area contributed by atoms with E-state index in [1.165, 1.54) is 11.1 Å². The number of benzene rings is 1. The molecule has 1 fully saturated rings. The Labute approximate surface area is 179 Å². The number of hydrogen-bond acceptors (Lipinski definition) is 2. The molecule has 1 aliphatic carbocycles. The highest BCUT2D eigenvalue weighted by Gasteiger charge is 2.23. The van der Waals surface area contributed by atoms with Gasteiger partial charge in [-0.05, 0) is 56.8 Å². The van der Waals surface area contributed by atoms with E-state index in [4.69, 9.17) is 11.3 Å². The van der Waals surface area contributed by atoms with E-state index in [2.05, 4.69) is 41.7 Å². The average molecular weight is 391 g/mol. The summed E-state index contributed by atoms with van der Waals surface area (Å²) in [5, 5.41) is 1.66. The maximum Gasteiger partial charge on any atom is 0.227 e. The molecule has 0 saturated heterocycles. The van der Waals surface area contributed by atoms with Crippen LogP contribution in [0.4, 0.5) is 0 Å². The van der Waals surface area contributed by atoms with Crippen molar-refractivity contribution in [1.29, 1.82) is 0 Å². The zero-order valence-electron chi connectivity index (χ0n) is 22.4. The third kappa shape index (κ3) is 3.04. The fraction of sp³-hybridized carbons (Fsp3) is 0.385. The molecule has 0 bridgehead atoms. The van der Waals surface area contributed by atoms with Crippen molar-refractivity contribution in [3.63, 3.8) is 0 Å². The summed E-state index contributed by atoms with van der Waals surface area (Å²) >= 11 is 0. The Bertz CT molecular complexity index is 1440. The van der Waals surface area contributed by atoms with Gasteiger partial charge in [0.15, 0.2) is 11.8 Å². The lowest BCUT2D eigenvalue weighted by Gasteiger charge is -2.20. The third-order valence-electron chi connectivity index (χ3n) is 5.93. The summed E-state index contributed by atoms with van der Waals surface area (Å²) in [6, 6.07) is 9.59. The first kappa shape index (κ1) is 13.5. The Morgan fingerprint density at radius 3 is 2.55 bits per heavy atom. The predicted molar refractivity (Wildman–Crippen MR) is 118 cm³/mol. The van der Waals surface area contributed by atoms with Crippen LogP contribution in [0.25, 0.3) is 33.3 Å². The minimum atomic E-state index is -2.12. The molecule has 0 atom stereocenters. The fourth-order valence-electron chi connectivity index (χ4n) is 4.17. The molecule has 1 aromatic carbocycles. The summed E-state index contributed by atoms with van der Waals surface area (Å²) in [6.45, 7) is 6.21. The summed E-state index contributed by atoms with van der Waals surface area (Å²) < 4.78 is 51.3. The molecule has 148 valence electrons. The summed E-state index contributed by atoms with van der Waals surface area (Å²) in [6.07, 6.45) is -1.33. The summed E-state index contributed by atoms with van der Waals surface area (Å²) in [4.78, 5) is 4.58. The number of aromatic nitrogens is 2. The fourth-order valence-corrected chi connectivity index (χ4v) is 4.17. The third-order valence-corrected chi connectivity index (χ3v) is 5.93. The van der Waals surface area contributed by atoms with Gasteiger partial charge < -0.3 is 4.42 Å². The van der Waals surface area contributed by atoms with Crippen LogP contribution in [0.1, 0.15) is 67.1 Å². The SMILES string of the molecule is [2H]C1([2H])CCCC([2H])([2H])C1([2H])c1ccc2c(n1)oc1c(-c3cc(C)c(C)c[n+]3C)c(C)ccc12. The predicted octanol–water partition coefficient (Wildman–Crippen LogP) is 6.45. The normalized spacial score (nSPS) is 22.6. The first-order chi connectivity index (χ1) is 15.9. The lowest BCUT2D eigenvalue weighted by molar-refractivity contribution is -0.660. The zero-order valence-corrected chi connectivity index (χ0v) is 17.4. The van der Waals surface area contributed by atoms with Gasteiger partial charge in [-0.3, -0.25) is 0 Å². The Balaban J connectivity index is 1.77. The molecule has 4 aromatic rings. The second kappa shape index (κ2) is 6.98. The topological polar surface area (TPSA) is 29.9 Å². The lowest BCUT2D eigenvalue weighted by Crippen LogP contribution is -2.31. The number of fused-ring (bicyclic) bond motifs is 3. The van der Waals surface area contributed by atoms with Crippen molar-refractivity contribution in [3.05, 3.63) is 58.9 Å². The zero-order chi connectivity index (χ0) is 24.6. The number of aryl methyl sites for hydroxylation is 4. The maximum absolute atomic E-state index is 9.00. The van der Waals surface area contributed by atoms with Gasteiger partial charge in [0.2, 0.25) is 11.4 Å². The second-order valence-electron chi connectivity index (χ2n) is 8.00. The number of hydrogen-bond donors (Lipinski definition) is 0. The maximum atomic E-state index is 9.00. The molecule has 1 saturated carbocycles. The van der Waals surface area contributed by atoms with Gasteiger partial charge in [0, 0.05) is 40.8 Å². The van der Waals surface area contributed by atoms with Crippen LogP contribution in [0, 0.1) is 20.8 Å². The van der Waals surface area contributed by atoms with Crippen molar-refractivity contribution in [2.24, 2.45) is 7.05 Å². The van der Waals surface area contributed by atoms with Crippen LogP contribution in [0.3, 0.4) is 0 Å². The number of furan rings is 1. The standard InChI is InChI=1S/C26H29N2O/c1-16-10-11-20-21-12-13-22(19-8-6-5-7-9-19)27-26(21)29-25(20)24(16)23-14-17(2)18(3)15-28(23)4/h10-15,19H,5-9H2,1-4H3/q+1/i8D2,9D2,19D. The van der Waals surface area contributed by atoms with E-state index in [1.807, 2.05) is 20.0 Å². The van der Waals surface area contributed by atoms with Crippen molar-refractivity contribution < 1.29 is 15.8 Å². The minimum Gasteiger partial charge on any atom is -0.437 e. The molecule has 3 aromatic heterocycles. The van der Waals surface area contributed by atoms with Gasteiger partial charge in [0.25, 0.3) is 0 Å². The Morgan fingerprint density at radius 2 is 1.76 bits per heavy atom. The van der Waals surface area contributed by atoms with Crippen molar-refractivity contribution in [3.8, 4) is 11.3 Å². The first-order valence-corrected chi connectivity index (χ1v) is 10.2. The molecule has 1 aliphatic rings. The Hall–Kier alpha value is -2.68. The van der Waals surface area contributed by atoms with E-state index >= 15 is 0 Å². The van der Waals surface area contributed by atoms with E-state index in [0.29, 0.717) is 17.7 Å². The quantitative estimate of drug-likeness (QED) is 0.368. The van der Waals surface area contributed by atoms with E-state index < -0.39 is 18.6 Å². The van der Waals surface area contributed by atoms with Crippen molar-refractivity contribution >= 4 is 22.1 Å². The van der Waals surface area contributed by atoms with Crippen molar-refractivity contribution in [2.45, 2.75) is 58.7 Å². The van der Waals surface area contributed by atoms with Gasteiger partial charge in [-0.25, -0.2) is 9.55 Å². The van der Waals surface area contributed by atoms with Gasteiger partial charge >= 0.3 is 0 Å². The monoisotopic (exact) mass is 390 g/mol. The molecule has 3 heteroatoms. The van der Waals surface area contributed by atoms with Gasteiger partial charge in [0.1, 0.15) is 7.05 Å². The van der Waals surface area contributed by atoms with Crippen LogP contribution < -0.4 is 4.57 Å². The summed E-state index contributed by atoms with van der Waals surface area (Å²) in [7, 11) is 2.01. The number of pyridine rings is 2. The highest BCUT2D eigenvalue weighted by Crippen LogP contribution is 2.38. The molecule has 0 unspecified atom stereocenters. The van der Waals surface area contributed by atoms with Crippen LogP contribution in [0.2, 0.25) is 0 Å². The van der Waals surface area contributed by atoms with Gasteiger partial charge in [0.05, 0.1) is 5.56 Å². The van der Waals surface area contributed by atoms with E-state index in [9.17, 15) is 0 Å². The van der Waals surface area contributed by atoms with Crippen molar-refractivity contribution in [2.75, 3.05) is 0 Å². The first-order valence-electron chi connectivity index (χ1n) is 12.7. The largest absolute Gasteiger partial charge is 0.437 e.